The summed E-state index contributed by atoms with van der Waals surface area (Å²) in [5, 5.41) is 4.48. The number of rotatable bonds is 1. The van der Waals surface area contributed by atoms with Gasteiger partial charge in [-0.15, -0.1) is 0 Å². The number of aromatic nitrogens is 3. The zero-order chi connectivity index (χ0) is 11.0. The maximum Gasteiger partial charge on any atom is 0.153 e. The van der Waals surface area contributed by atoms with Crippen LogP contribution < -0.4 is 0 Å². The normalized spacial score (nSPS) is 10.8. The Hall–Kier alpha value is -1.68. The van der Waals surface area contributed by atoms with Gasteiger partial charge in [-0.1, -0.05) is 28.1 Å². The van der Waals surface area contributed by atoms with Gasteiger partial charge in [0.05, 0.1) is 5.69 Å². The molecule has 0 saturated carbocycles. The predicted molar refractivity (Wildman–Crippen MR) is 66.1 cm³/mol. The summed E-state index contributed by atoms with van der Waals surface area (Å²) in [6, 6.07) is 12.0. The highest BCUT2D eigenvalue weighted by atomic mass is 79.9. The number of hydrogen-bond donors (Lipinski definition) is 0. The van der Waals surface area contributed by atoms with Gasteiger partial charge in [0.1, 0.15) is 0 Å². The topological polar surface area (TPSA) is 30.2 Å². The second-order valence-corrected chi connectivity index (χ2v) is 4.37. The summed E-state index contributed by atoms with van der Waals surface area (Å²) in [6.45, 7) is 0. The molecule has 0 bridgehead atoms. The summed E-state index contributed by atoms with van der Waals surface area (Å²) in [5.74, 6) is 0. The fourth-order valence-corrected chi connectivity index (χ4v) is 2.02. The number of halogens is 1. The van der Waals surface area contributed by atoms with Crippen molar-refractivity contribution >= 4 is 21.6 Å². The average Bonchev–Trinajstić information content (AvgIpc) is 2.75. The Morgan fingerprint density at radius 1 is 1.12 bits per heavy atom. The number of benzene rings is 1. The van der Waals surface area contributed by atoms with Gasteiger partial charge in [-0.2, -0.15) is 5.10 Å². The Labute approximate surface area is 101 Å². The number of hydrogen-bond acceptors (Lipinski definition) is 2. The SMILES string of the molecule is Brc1cccc(-c2ccc3nccn3n2)c1. The van der Waals surface area contributed by atoms with Gasteiger partial charge in [0.2, 0.25) is 0 Å². The van der Waals surface area contributed by atoms with E-state index in [-0.39, 0.29) is 0 Å². The second-order valence-electron chi connectivity index (χ2n) is 3.46. The number of nitrogens with zero attached hydrogens (tertiary/aromatic N) is 3. The van der Waals surface area contributed by atoms with E-state index in [1.807, 2.05) is 42.6 Å². The molecule has 0 N–H and O–H groups in total. The molecule has 0 radical (unpaired) electrons. The highest BCUT2D eigenvalue weighted by molar-refractivity contribution is 9.10. The van der Waals surface area contributed by atoms with Gasteiger partial charge < -0.3 is 0 Å². The molecule has 0 aliphatic heterocycles. The minimum atomic E-state index is 0.860. The van der Waals surface area contributed by atoms with Crippen LogP contribution in [0.5, 0.6) is 0 Å². The minimum Gasteiger partial charge on any atom is -0.236 e. The van der Waals surface area contributed by atoms with E-state index in [1.165, 1.54) is 0 Å². The van der Waals surface area contributed by atoms with Crippen LogP contribution in [-0.4, -0.2) is 14.6 Å². The van der Waals surface area contributed by atoms with E-state index < -0.39 is 0 Å². The van der Waals surface area contributed by atoms with E-state index in [0.717, 1.165) is 21.4 Å². The maximum absolute atomic E-state index is 4.48. The fraction of sp³-hybridized carbons (Fsp3) is 0. The Morgan fingerprint density at radius 2 is 2.06 bits per heavy atom. The summed E-state index contributed by atoms with van der Waals surface area (Å²) in [6.07, 6.45) is 3.59. The summed E-state index contributed by atoms with van der Waals surface area (Å²) < 4.78 is 2.83. The molecule has 78 valence electrons. The summed E-state index contributed by atoms with van der Waals surface area (Å²) in [5.41, 5.74) is 2.88. The van der Waals surface area contributed by atoms with Crippen LogP contribution in [0.3, 0.4) is 0 Å². The lowest BCUT2D eigenvalue weighted by atomic mass is 10.1. The molecule has 0 spiro atoms. The first kappa shape index (κ1) is 9.54. The molecule has 16 heavy (non-hydrogen) atoms. The first-order valence-corrected chi connectivity index (χ1v) is 5.68. The van der Waals surface area contributed by atoms with Gasteiger partial charge in [-0.3, -0.25) is 0 Å². The van der Waals surface area contributed by atoms with Gasteiger partial charge in [-0.05, 0) is 24.3 Å². The first-order chi connectivity index (χ1) is 7.83. The zero-order valence-corrected chi connectivity index (χ0v) is 9.92. The monoisotopic (exact) mass is 273 g/mol. The van der Waals surface area contributed by atoms with Gasteiger partial charge in [0, 0.05) is 22.4 Å². The largest absolute Gasteiger partial charge is 0.236 e. The highest BCUT2D eigenvalue weighted by Crippen LogP contribution is 2.21. The van der Waals surface area contributed by atoms with E-state index in [1.54, 1.807) is 10.7 Å². The zero-order valence-electron chi connectivity index (χ0n) is 8.34. The molecular weight excluding hydrogens is 266 g/mol. The van der Waals surface area contributed by atoms with Crippen LogP contribution in [0.1, 0.15) is 0 Å². The van der Waals surface area contributed by atoms with Crippen molar-refractivity contribution in [3.63, 3.8) is 0 Å². The molecule has 2 aromatic heterocycles. The molecule has 0 unspecified atom stereocenters. The highest BCUT2D eigenvalue weighted by Gasteiger charge is 2.01. The van der Waals surface area contributed by atoms with Crippen LogP contribution in [-0.2, 0) is 0 Å². The van der Waals surface area contributed by atoms with Crippen LogP contribution in [0.15, 0.2) is 53.3 Å². The van der Waals surface area contributed by atoms with Crippen molar-refractivity contribution in [1.82, 2.24) is 14.6 Å². The van der Waals surface area contributed by atoms with Gasteiger partial charge in [-0.25, -0.2) is 9.50 Å². The van der Waals surface area contributed by atoms with Crippen LogP contribution in [0.4, 0.5) is 0 Å². The van der Waals surface area contributed by atoms with Crippen molar-refractivity contribution in [2.24, 2.45) is 0 Å². The first-order valence-electron chi connectivity index (χ1n) is 4.89. The van der Waals surface area contributed by atoms with Crippen molar-refractivity contribution in [3.8, 4) is 11.3 Å². The minimum absolute atomic E-state index is 0.860. The van der Waals surface area contributed by atoms with Crippen LogP contribution in [0, 0.1) is 0 Å². The van der Waals surface area contributed by atoms with Gasteiger partial charge >= 0.3 is 0 Å². The molecule has 0 fully saturated rings. The third kappa shape index (κ3) is 1.61. The molecule has 0 saturated heterocycles. The molecule has 4 heteroatoms. The molecule has 0 atom stereocenters. The molecule has 0 aliphatic carbocycles. The Balaban J connectivity index is 2.18. The van der Waals surface area contributed by atoms with Gasteiger partial charge in [0.25, 0.3) is 0 Å². The Morgan fingerprint density at radius 3 is 2.94 bits per heavy atom. The molecule has 3 rings (SSSR count). The predicted octanol–water partition coefficient (Wildman–Crippen LogP) is 3.16. The Bertz CT molecular complexity index is 645. The maximum atomic E-state index is 4.48. The molecule has 0 amide bonds. The van der Waals surface area contributed by atoms with Crippen molar-refractivity contribution in [3.05, 3.63) is 53.3 Å². The number of imidazole rings is 1. The van der Waals surface area contributed by atoms with Crippen molar-refractivity contribution < 1.29 is 0 Å². The quantitative estimate of drug-likeness (QED) is 0.682. The summed E-state index contributed by atoms with van der Waals surface area (Å²) in [4.78, 5) is 4.16. The van der Waals surface area contributed by atoms with Crippen LogP contribution in [0.2, 0.25) is 0 Å². The molecule has 3 nitrogen and oxygen atoms in total. The van der Waals surface area contributed by atoms with Crippen molar-refractivity contribution in [1.29, 1.82) is 0 Å². The molecule has 2 heterocycles. The van der Waals surface area contributed by atoms with E-state index in [0.29, 0.717) is 0 Å². The second kappa shape index (κ2) is 3.72. The van der Waals surface area contributed by atoms with Crippen LogP contribution >= 0.6 is 15.9 Å². The molecule has 3 aromatic rings. The third-order valence-electron chi connectivity index (χ3n) is 2.38. The van der Waals surface area contributed by atoms with Crippen molar-refractivity contribution in [2.75, 3.05) is 0 Å². The third-order valence-corrected chi connectivity index (χ3v) is 2.87. The molecular formula is C12H8BrN3. The smallest absolute Gasteiger partial charge is 0.153 e. The average molecular weight is 274 g/mol. The lowest BCUT2D eigenvalue weighted by Crippen LogP contribution is -1.92. The summed E-state index contributed by atoms with van der Waals surface area (Å²) in [7, 11) is 0. The van der Waals surface area contributed by atoms with E-state index in [2.05, 4.69) is 26.0 Å². The van der Waals surface area contributed by atoms with Crippen molar-refractivity contribution in [2.45, 2.75) is 0 Å². The fourth-order valence-electron chi connectivity index (χ4n) is 1.62. The molecule has 0 aliphatic rings. The standard InChI is InChI=1S/C12H8BrN3/c13-10-3-1-2-9(8-10)11-4-5-12-14-6-7-16(12)15-11/h1-8H. The summed E-state index contributed by atoms with van der Waals surface area (Å²) >= 11 is 3.45. The van der Waals surface area contributed by atoms with Gasteiger partial charge in [0.15, 0.2) is 5.65 Å². The van der Waals surface area contributed by atoms with E-state index in [9.17, 15) is 0 Å². The lowest BCUT2D eigenvalue weighted by Gasteiger charge is -2.01. The lowest BCUT2D eigenvalue weighted by molar-refractivity contribution is 0.942. The Kier molecular flexibility index (Phi) is 2.22. The number of fused-ring (bicyclic) bond motifs is 1. The van der Waals surface area contributed by atoms with E-state index in [4.69, 9.17) is 0 Å². The van der Waals surface area contributed by atoms with E-state index >= 15 is 0 Å². The molecule has 1 aromatic carbocycles. The van der Waals surface area contributed by atoms with Crippen LogP contribution in [0.25, 0.3) is 16.9 Å².